The van der Waals surface area contributed by atoms with Crippen LogP contribution in [0.1, 0.15) is 30.1 Å². The molecule has 0 fully saturated rings. The first-order valence-corrected chi connectivity index (χ1v) is 5.97. The number of rotatable bonds is 6. The van der Waals surface area contributed by atoms with Crippen molar-refractivity contribution < 1.29 is 14.3 Å². The molecule has 0 spiro atoms. The van der Waals surface area contributed by atoms with Crippen LogP contribution in [0.3, 0.4) is 0 Å². The molecule has 0 amide bonds. The Labute approximate surface area is 104 Å². The Morgan fingerprint density at radius 3 is 2.69 bits per heavy atom. The van der Waals surface area contributed by atoms with Crippen LogP contribution in [0.2, 0.25) is 0 Å². The molecule has 0 aliphatic carbocycles. The van der Waals surface area contributed by atoms with Crippen LogP contribution in [0, 0.1) is 0 Å². The third-order valence-corrected chi connectivity index (χ3v) is 2.79. The molecule has 0 unspecified atom stereocenters. The highest BCUT2D eigenvalue weighted by Gasteiger charge is 2.09. The minimum absolute atomic E-state index is 0.511. The van der Waals surface area contributed by atoms with E-state index in [1.54, 1.807) is 12.1 Å². The van der Waals surface area contributed by atoms with Gasteiger partial charge >= 0.3 is 0 Å². The Bertz CT molecular complexity index is 364. The standard InChI is InChI=1S/C12H15BrO3/c1-3-4-5-16-12-7-11(15-2)9(8-14)6-10(12)13/h6-8H,3-5H2,1-2H3. The highest BCUT2D eigenvalue weighted by molar-refractivity contribution is 9.10. The predicted molar refractivity (Wildman–Crippen MR) is 66.5 cm³/mol. The third-order valence-electron chi connectivity index (χ3n) is 2.17. The van der Waals surface area contributed by atoms with Crippen molar-refractivity contribution in [3.8, 4) is 11.5 Å². The molecule has 0 saturated carbocycles. The zero-order chi connectivity index (χ0) is 12.0. The van der Waals surface area contributed by atoms with Gasteiger partial charge in [0.25, 0.3) is 0 Å². The molecule has 0 aliphatic heterocycles. The summed E-state index contributed by atoms with van der Waals surface area (Å²) >= 11 is 3.36. The molecule has 0 atom stereocenters. The first-order valence-electron chi connectivity index (χ1n) is 5.18. The highest BCUT2D eigenvalue weighted by atomic mass is 79.9. The average molecular weight is 287 g/mol. The summed E-state index contributed by atoms with van der Waals surface area (Å²) < 4.78 is 11.5. The lowest BCUT2D eigenvalue weighted by molar-refractivity contribution is 0.112. The first kappa shape index (κ1) is 13.0. The molecule has 0 heterocycles. The maximum atomic E-state index is 10.8. The quantitative estimate of drug-likeness (QED) is 0.594. The molecule has 1 aromatic carbocycles. The van der Waals surface area contributed by atoms with Gasteiger partial charge in [0.2, 0.25) is 0 Å². The average Bonchev–Trinajstić information content (AvgIpc) is 2.31. The highest BCUT2D eigenvalue weighted by Crippen LogP contribution is 2.32. The zero-order valence-electron chi connectivity index (χ0n) is 9.46. The van der Waals surface area contributed by atoms with E-state index in [4.69, 9.17) is 9.47 Å². The Morgan fingerprint density at radius 1 is 1.38 bits per heavy atom. The number of ether oxygens (including phenoxy) is 2. The summed E-state index contributed by atoms with van der Waals surface area (Å²) in [4.78, 5) is 10.8. The summed E-state index contributed by atoms with van der Waals surface area (Å²) in [5.74, 6) is 1.24. The van der Waals surface area contributed by atoms with Gasteiger partial charge < -0.3 is 9.47 Å². The molecule has 0 N–H and O–H groups in total. The summed E-state index contributed by atoms with van der Waals surface area (Å²) in [5, 5.41) is 0. The van der Waals surface area contributed by atoms with Gasteiger partial charge in [0.1, 0.15) is 11.5 Å². The lowest BCUT2D eigenvalue weighted by Crippen LogP contribution is -1.99. The maximum absolute atomic E-state index is 10.8. The number of halogens is 1. The summed E-state index contributed by atoms with van der Waals surface area (Å²) in [6.45, 7) is 2.77. The number of carbonyl (C=O) groups excluding carboxylic acids is 1. The van der Waals surface area contributed by atoms with Crippen LogP contribution in [0.15, 0.2) is 16.6 Å². The van der Waals surface area contributed by atoms with Crippen molar-refractivity contribution in [2.45, 2.75) is 19.8 Å². The van der Waals surface area contributed by atoms with E-state index < -0.39 is 0 Å². The summed E-state index contributed by atoms with van der Waals surface area (Å²) in [5.41, 5.74) is 0.511. The lowest BCUT2D eigenvalue weighted by Gasteiger charge is -2.11. The second kappa shape index (κ2) is 6.53. The molecule has 0 aromatic heterocycles. The van der Waals surface area contributed by atoms with Gasteiger partial charge in [-0.15, -0.1) is 0 Å². The van der Waals surface area contributed by atoms with Gasteiger partial charge in [-0.25, -0.2) is 0 Å². The Hall–Kier alpha value is -1.03. The van der Waals surface area contributed by atoms with Crippen molar-refractivity contribution in [2.75, 3.05) is 13.7 Å². The maximum Gasteiger partial charge on any atom is 0.153 e. The van der Waals surface area contributed by atoms with Gasteiger partial charge in [0, 0.05) is 6.07 Å². The molecule has 4 heteroatoms. The summed E-state index contributed by atoms with van der Waals surface area (Å²) in [6.07, 6.45) is 2.85. The molecule has 1 rings (SSSR count). The molecule has 3 nitrogen and oxygen atoms in total. The second-order valence-corrected chi connectivity index (χ2v) is 4.20. The molecule has 16 heavy (non-hydrogen) atoms. The van der Waals surface area contributed by atoms with Crippen LogP contribution in [0.25, 0.3) is 0 Å². The molecule has 88 valence electrons. The van der Waals surface area contributed by atoms with E-state index in [2.05, 4.69) is 22.9 Å². The fourth-order valence-corrected chi connectivity index (χ4v) is 1.73. The second-order valence-electron chi connectivity index (χ2n) is 3.34. The van der Waals surface area contributed by atoms with Crippen LogP contribution in [0.5, 0.6) is 11.5 Å². The zero-order valence-corrected chi connectivity index (χ0v) is 11.0. The van der Waals surface area contributed by atoms with Crippen molar-refractivity contribution in [3.63, 3.8) is 0 Å². The van der Waals surface area contributed by atoms with E-state index in [-0.39, 0.29) is 0 Å². The predicted octanol–water partition coefficient (Wildman–Crippen LogP) is 3.45. The van der Waals surface area contributed by atoms with E-state index >= 15 is 0 Å². The van der Waals surface area contributed by atoms with Crippen LogP contribution < -0.4 is 9.47 Å². The topological polar surface area (TPSA) is 35.5 Å². The van der Waals surface area contributed by atoms with E-state index in [1.807, 2.05) is 0 Å². The van der Waals surface area contributed by atoms with Crippen LogP contribution in [-0.2, 0) is 0 Å². The van der Waals surface area contributed by atoms with Crippen molar-refractivity contribution >= 4 is 22.2 Å². The van der Waals surface area contributed by atoms with Gasteiger partial charge in [0.05, 0.1) is 23.8 Å². The molecule has 0 saturated heterocycles. The van der Waals surface area contributed by atoms with Crippen LogP contribution in [-0.4, -0.2) is 20.0 Å². The first-order chi connectivity index (χ1) is 7.72. The number of methoxy groups -OCH3 is 1. The number of carbonyl (C=O) groups is 1. The minimum atomic E-state index is 0.511. The molecule has 0 aliphatic rings. The number of benzene rings is 1. The Kier molecular flexibility index (Phi) is 5.32. The molecule has 0 bridgehead atoms. The molecule has 0 radical (unpaired) electrons. The van der Waals surface area contributed by atoms with Crippen LogP contribution >= 0.6 is 15.9 Å². The van der Waals surface area contributed by atoms with Gasteiger partial charge in [-0.05, 0) is 28.4 Å². The molecular weight excluding hydrogens is 272 g/mol. The number of hydrogen-bond donors (Lipinski definition) is 0. The van der Waals surface area contributed by atoms with Gasteiger partial charge in [-0.1, -0.05) is 13.3 Å². The van der Waals surface area contributed by atoms with E-state index in [0.29, 0.717) is 23.7 Å². The Balaban J connectivity index is 2.88. The normalized spacial score (nSPS) is 9.94. The largest absolute Gasteiger partial charge is 0.496 e. The van der Waals surface area contributed by atoms with Crippen molar-refractivity contribution in [1.29, 1.82) is 0 Å². The molecule has 1 aromatic rings. The minimum Gasteiger partial charge on any atom is -0.496 e. The van der Waals surface area contributed by atoms with E-state index in [1.165, 1.54) is 7.11 Å². The van der Waals surface area contributed by atoms with Crippen molar-refractivity contribution in [2.24, 2.45) is 0 Å². The van der Waals surface area contributed by atoms with Crippen molar-refractivity contribution in [1.82, 2.24) is 0 Å². The van der Waals surface area contributed by atoms with Gasteiger partial charge in [-0.2, -0.15) is 0 Å². The summed E-state index contributed by atoms with van der Waals surface area (Å²) in [7, 11) is 1.53. The Morgan fingerprint density at radius 2 is 2.12 bits per heavy atom. The van der Waals surface area contributed by atoms with Crippen molar-refractivity contribution in [3.05, 3.63) is 22.2 Å². The number of unbranched alkanes of at least 4 members (excludes halogenated alkanes) is 1. The number of hydrogen-bond acceptors (Lipinski definition) is 3. The van der Waals surface area contributed by atoms with Gasteiger partial charge in [0.15, 0.2) is 6.29 Å². The third kappa shape index (κ3) is 3.23. The summed E-state index contributed by atoms with van der Waals surface area (Å²) in [6, 6.07) is 3.43. The molecular formula is C12H15BrO3. The fourth-order valence-electron chi connectivity index (χ4n) is 1.26. The smallest absolute Gasteiger partial charge is 0.153 e. The fraction of sp³-hybridized carbons (Fsp3) is 0.417. The van der Waals surface area contributed by atoms with Gasteiger partial charge in [-0.3, -0.25) is 4.79 Å². The van der Waals surface area contributed by atoms with Crippen LogP contribution in [0.4, 0.5) is 0 Å². The van der Waals surface area contributed by atoms with E-state index in [0.717, 1.165) is 23.6 Å². The SMILES string of the molecule is CCCCOc1cc(OC)c(C=O)cc1Br. The lowest BCUT2D eigenvalue weighted by atomic mass is 10.2. The van der Waals surface area contributed by atoms with E-state index in [9.17, 15) is 4.79 Å². The number of aldehydes is 1. The monoisotopic (exact) mass is 286 g/mol.